The summed E-state index contributed by atoms with van der Waals surface area (Å²) in [6, 6.07) is -0.993. The van der Waals surface area contributed by atoms with E-state index in [1.54, 1.807) is 13.2 Å². The zero-order valence-electron chi connectivity index (χ0n) is 12.5. The van der Waals surface area contributed by atoms with Crippen LogP contribution in [-0.2, 0) is 20.4 Å². The highest BCUT2D eigenvalue weighted by Crippen LogP contribution is 2.34. The molecule has 3 atom stereocenters. The topological polar surface area (TPSA) is 83.6 Å². The molecule has 6 nitrogen and oxygen atoms in total. The van der Waals surface area contributed by atoms with Gasteiger partial charge in [0, 0.05) is 28.9 Å². The van der Waals surface area contributed by atoms with Crippen LogP contribution in [0.5, 0.6) is 0 Å². The summed E-state index contributed by atoms with van der Waals surface area (Å²) in [6.45, 7) is 1.76. The van der Waals surface area contributed by atoms with Crippen LogP contribution >= 0.6 is 0 Å². The molecule has 0 aromatic heterocycles. The Labute approximate surface area is 127 Å². The lowest BCUT2D eigenvalue weighted by Crippen LogP contribution is -2.61. The Bertz CT molecular complexity index is 474. The third-order valence-electron chi connectivity index (χ3n) is 4.37. The van der Waals surface area contributed by atoms with Crippen LogP contribution in [0.25, 0.3) is 0 Å². The Hall–Kier alpha value is -1.24. The SMILES string of the molecule is CC(CCS(C)=O)N1C(=O)NC(=O)C(C2CCCC2)C1=O. The zero-order valence-corrected chi connectivity index (χ0v) is 13.3. The number of imide groups is 2. The number of hydrogen-bond donors (Lipinski definition) is 1. The van der Waals surface area contributed by atoms with Gasteiger partial charge in [0.05, 0.1) is 0 Å². The van der Waals surface area contributed by atoms with E-state index in [0.29, 0.717) is 12.2 Å². The first kappa shape index (κ1) is 16.1. The van der Waals surface area contributed by atoms with Gasteiger partial charge in [-0.3, -0.25) is 24.0 Å². The molecule has 0 aromatic carbocycles. The van der Waals surface area contributed by atoms with Crippen LogP contribution in [-0.4, -0.2) is 45.0 Å². The Kier molecular flexibility index (Phi) is 5.13. The molecule has 21 heavy (non-hydrogen) atoms. The van der Waals surface area contributed by atoms with Gasteiger partial charge in [0.1, 0.15) is 5.92 Å². The van der Waals surface area contributed by atoms with Gasteiger partial charge in [-0.2, -0.15) is 0 Å². The van der Waals surface area contributed by atoms with Gasteiger partial charge in [0.15, 0.2) is 0 Å². The van der Waals surface area contributed by atoms with E-state index in [2.05, 4.69) is 5.32 Å². The Balaban J connectivity index is 2.12. The number of nitrogens with zero attached hydrogens (tertiary/aromatic N) is 1. The molecular formula is C14H22N2O4S. The summed E-state index contributed by atoms with van der Waals surface area (Å²) in [7, 11) is -0.967. The van der Waals surface area contributed by atoms with E-state index < -0.39 is 28.7 Å². The number of rotatable bonds is 5. The van der Waals surface area contributed by atoms with Gasteiger partial charge in [-0.1, -0.05) is 12.8 Å². The first-order chi connectivity index (χ1) is 9.91. The maximum absolute atomic E-state index is 12.6. The second-order valence-corrected chi connectivity index (χ2v) is 7.49. The molecule has 1 aliphatic carbocycles. The van der Waals surface area contributed by atoms with Crippen molar-refractivity contribution >= 4 is 28.6 Å². The van der Waals surface area contributed by atoms with Crippen LogP contribution in [0.15, 0.2) is 0 Å². The third kappa shape index (κ3) is 3.51. The molecule has 2 rings (SSSR count). The van der Waals surface area contributed by atoms with Crippen molar-refractivity contribution in [3.63, 3.8) is 0 Å². The zero-order chi connectivity index (χ0) is 15.6. The molecule has 1 heterocycles. The van der Waals surface area contributed by atoms with E-state index in [1.807, 2.05) is 0 Å². The monoisotopic (exact) mass is 314 g/mol. The first-order valence-corrected chi connectivity index (χ1v) is 9.12. The lowest BCUT2D eigenvalue weighted by Gasteiger charge is -2.36. The minimum Gasteiger partial charge on any atom is -0.277 e. The molecule has 7 heteroatoms. The fraction of sp³-hybridized carbons (Fsp3) is 0.786. The summed E-state index contributed by atoms with van der Waals surface area (Å²) in [5.74, 6) is -1.11. The maximum Gasteiger partial charge on any atom is 0.331 e. The second kappa shape index (κ2) is 6.68. The molecule has 3 unspecified atom stereocenters. The summed E-state index contributed by atoms with van der Waals surface area (Å²) in [5.41, 5.74) is 0. The highest BCUT2D eigenvalue weighted by Gasteiger charge is 2.46. The molecule has 1 saturated heterocycles. The van der Waals surface area contributed by atoms with E-state index in [9.17, 15) is 18.6 Å². The Morgan fingerprint density at radius 1 is 1.29 bits per heavy atom. The van der Waals surface area contributed by atoms with Gasteiger partial charge in [0.2, 0.25) is 11.8 Å². The van der Waals surface area contributed by atoms with E-state index in [-0.39, 0.29) is 17.9 Å². The largest absolute Gasteiger partial charge is 0.331 e. The molecule has 4 amide bonds. The van der Waals surface area contributed by atoms with E-state index in [4.69, 9.17) is 0 Å². The van der Waals surface area contributed by atoms with Crippen molar-refractivity contribution in [2.24, 2.45) is 11.8 Å². The number of urea groups is 1. The van der Waals surface area contributed by atoms with Crippen LogP contribution in [0, 0.1) is 11.8 Å². The molecule has 1 aliphatic heterocycles. The highest BCUT2D eigenvalue weighted by atomic mass is 32.2. The van der Waals surface area contributed by atoms with Crippen LogP contribution in [0.4, 0.5) is 4.79 Å². The molecule has 0 bridgehead atoms. The van der Waals surface area contributed by atoms with Crippen molar-refractivity contribution < 1.29 is 18.6 Å². The number of barbiturate groups is 1. The minimum absolute atomic E-state index is 0.0422. The van der Waals surface area contributed by atoms with Gasteiger partial charge in [-0.25, -0.2) is 4.79 Å². The number of hydrogen-bond acceptors (Lipinski definition) is 4. The molecule has 1 N–H and O–H groups in total. The number of carbonyl (C=O) groups excluding carboxylic acids is 3. The highest BCUT2D eigenvalue weighted by molar-refractivity contribution is 7.84. The molecular weight excluding hydrogens is 292 g/mol. The van der Waals surface area contributed by atoms with Gasteiger partial charge >= 0.3 is 6.03 Å². The van der Waals surface area contributed by atoms with Crippen molar-refractivity contribution in [2.75, 3.05) is 12.0 Å². The minimum atomic E-state index is -0.967. The van der Waals surface area contributed by atoms with Crippen molar-refractivity contribution in [3.8, 4) is 0 Å². The molecule has 1 saturated carbocycles. The van der Waals surface area contributed by atoms with Gasteiger partial charge < -0.3 is 0 Å². The average molecular weight is 314 g/mol. The maximum atomic E-state index is 12.6. The number of carbonyl (C=O) groups is 3. The van der Waals surface area contributed by atoms with Gasteiger partial charge in [-0.15, -0.1) is 0 Å². The third-order valence-corrected chi connectivity index (χ3v) is 5.18. The second-order valence-electron chi connectivity index (χ2n) is 5.94. The van der Waals surface area contributed by atoms with Crippen LogP contribution in [0.3, 0.4) is 0 Å². The molecule has 2 aliphatic rings. The Morgan fingerprint density at radius 2 is 1.90 bits per heavy atom. The van der Waals surface area contributed by atoms with Crippen molar-refractivity contribution in [2.45, 2.75) is 45.1 Å². The lowest BCUT2D eigenvalue weighted by atomic mass is 9.87. The average Bonchev–Trinajstić information content (AvgIpc) is 2.89. The summed E-state index contributed by atoms with van der Waals surface area (Å²) < 4.78 is 11.2. The first-order valence-electron chi connectivity index (χ1n) is 7.39. The predicted octanol–water partition coefficient (Wildman–Crippen LogP) is 1.03. The predicted molar refractivity (Wildman–Crippen MR) is 78.8 cm³/mol. The fourth-order valence-electron chi connectivity index (χ4n) is 3.19. The summed E-state index contributed by atoms with van der Waals surface area (Å²) in [4.78, 5) is 37.7. The summed E-state index contributed by atoms with van der Waals surface area (Å²) in [5, 5.41) is 2.31. The van der Waals surface area contributed by atoms with E-state index in [0.717, 1.165) is 30.6 Å². The Morgan fingerprint density at radius 3 is 2.48 bits per heavy atom. The summed E-state index contributed by atoms with van der Waals surface area (Å²) in [6.07, 6.45) is 5.85. The molecule has 2 fully saturated rings. The number of nitrogens with one attached hydrogen (secondary N) is 1. The molecule has 118 valence electrons. The van der Waals surface area contributed by atoms with Crippen molar-refractivity contribution in [3.05, 3.63) is 0 Å². The lowest BCUT2D eigenvalue weighted by molar-refractivity contribution is -0.146. The molecule has 0 radical (unpaired) electrons. The number of amides is 4. The summed E-state index contributed by atoms with van der Waals surface area (Å²) >= 11 is 0. The quantitative estimate of drug-likeness (QED) is 0.768. The van der Waals surface area contributed by atoms with Crippen LogP contribution < -0.4 is 5.32 Å². The van der Waals surface area contributed by atoms with E-state index >= 15 is 0 Å². The van der Waals surface area contributed by atoms with Crippen LogP contribution in [0.2, 0.25) is 0 Å². The van der Waals surface area contributed by atoms with Gasteiger partial charge in [-0.05, 0) is 32.1 Å². The fourth-order valence-corrected chi connectivity index (χ4v) is 3.87. The van der Waals surface area contributed by atoms with Gasteiger partial charge in [0.25, 0.3) is 0 Å². The normalized spacial score (nSPS) is 26.9. The van der Waals surface area contributed by atoms with Crippen molar-refractivity contribution in [1.29, 1.82) is 0 Å². The molecule has 0 spiro atoms. The standard InChI is InChI=1S/C14H22N2O4S/c1-9(7-8-21(2)20)16-13(18)11(10-5-3-4-6-10)12(17)15-14(16)19/h9-11H,3-8H2,1-2H3,(H,15,17,19). The van der Waals surface area contributed by atoms with Crippen molar-refractivity contribution in [1.82, 2.24) is 10.2 Å². The van der Waals surface area contributed by atoms with E-state index in [1.165, 1.54) is 0 Å². The smallest absolute Gasteiger partial charge is 0.277 e. The van der Waals surface area contributed by atoms with Crippen LogP contribution in [0.1, 0.15) is 39.0 Å². The molecule has 0 aromatic rings.